The molecule has 0 N–H and O–H groups in total. The summed E-state index contributed by atoms with van der Waals surface area (Å²) in [5.41, 5.74) is -0.196. The van der Waals surface area contributed by atoms with Crippen molar-refractivity contribution < 1.29 is 18.1 Å². The first-order chi connectivity index (χ1) is 9.72. The maximum atomic E-state index is 12.7. The second kappa shape index (κ2) is 11.2. The summed E-state index contributed by atoms with van der Waals surface area (Å²) in [6.07, 6.45) is 0. The van der Waals surface area contributed by atoms with Crippen LogP contribution in [0.5, 0.6) is 0 Å². The zero-order valence-electron chi connectivity index (χ0n) is 13.1. The zero-order valence-corrected chi connectivity index (χ0v) is 18.8. The number of halogens is 3. The Hall–Kier alpha value is 1.55. The Morgan fingerprint density at radius 2 is 1.24 bits per heavy atom. The Morgan fingerprint density at radius 3 is 1.52 bits per heavy atom. The van der Waals surface area contributed by atoms with E-state index in [9.17, 15) is 4.57 Å². The first kappa shape index (κ1) is 22.6. The maximum Gasteiger partial charge on any atom is 0.474 e. The highest BCUT2D eigenvalue weighted by Crippen LogP contribution is 2.51. The predicted molar refractivity (Wildman–Crippen MR) is 99.0 cm³/mol. The third-order valence-corrected chi connectivity index (χ3v) is 7.46. The third-order valence-electron chi connectivity index (χ3n) is 2.51. The van der Waals surface area contributed by atoms with Crippen molar-refractivity contribution in [2.75, 3.05) is 35.8 Å². The Balaban J connectivity index is 4.76. The smallest absolute Gasteiger partial charge is 0.287 e. The molecule has 0 saturated carbocycles. The van der Waals surface area contributed by atoms with Crippen molar-refractivity contribution in [3.8, 4) is 0 Å². The summed E-state index contributed by atoms with van der Waals surface area (Å²) >= 11 is 10.4. The van der Waals surface area contributed by atoms with Gasteiger partial charge in [-0.1, -0.05) is 75.5 Å². The van der Waals surface area contributed by atoms with Crippen LogP contribution in [0.2, 0.25) is 0 Å². The second-order valence-corrected chi connectivity index (χ2v) is 9.35. The van der Waals surface area contributed by atoms with E-state index in [1.54, 1.807) is 0 Å². The topological polar surface area (TPSA) is 44.8 Å². The van der Waals surface area contributed by atoms with Crippen molar-refractivity contribution in [1.29, 1.82) is 0 Å². The molecule has 0 aromatic carbocycles. The first-order valence-corrected chi connectivity index (χ1v) is 11.8. The highest BCUT2D eigenvalue weighted by atomic mass is 79.9. The lowest BCUT2D eigenvalue weighted by Crippen LogP contribution is -2.32. The quantitative estimate of drug-likeness (QED) is 0.249. The van der Waals surface area contributed by atoms with Gasteiger partial charge >= 0.3 is 7.82 Å². The third kappa shape index (κ3) is 9.43. The molecule has 128 valence electrons. The number of rotatable bonds is 12. The Bertz CT molecular complexity index is 298. The first-order valence-electron chi connectivity index (χ1n) is 6.94. The standard InChI is InChI=1S/C13H26Br3O4P/c1-11(2)5-18-21(17,19-6-12(3)4)20-10-13(7-14,8-15)9-16/h11-12H,5-10H2,1-4H3. The molecule has 0 unspecified atom stereocenters. The fourth-order valence-corrected chi connectivity index (χ4v) is 5.92. The fourth-order valence-electron chi connectivity index (χ4n) is 1.03. The molecule has 0 radical (unpaired) electrons. The Labute approximate surface area is 154 Å². The van der Waals surface area contributed by atoms with Gasteiger partial charge in [-0.15, -0.1) is 0 Å². The van der Waals surface area contributed by atoms with Crippen LogP contribution in [0.15, 0.2) is 0 Å². The number of phosphoric acid groups is 1. The van der Waals surface area contributed by atoms with Crippen molar-refractivity contribution in [1.82, 2.24) is 0 Å². The molecule has 0 rings (SSSR count). The summed E-state index contributed by atoms with van der Waals surface area (Å²) in [4.78, 5) is 0. The summed E-state index contributed by atoms with van der Waals surface area (Å²) in [7, 11) is -3.53. The molecule has 0 aromatic rings. The van der Waals surface area contributed by atoms with Gasteiger partial charge in [-0.25, -0.2) is 4.57 Å². The molecule has 0 bridgehead atoms. The van der Waals surface area contributed by atoms with Crippen LogP contribution in [-0.2, 0) is 18.1 Å². The highest BCUT2D eigenvalue weighted by molar-refractivity contribution is 9.10. The fraction of sp³-hybridized carbons (Fsp3) is 1.00. The van der Waals surface area contributed by atoms with Gasteiger partial charge in [0.05, 0.1) is 19.8 Å². The van der Waals surface area contributed by atoms with Crippen molar-refractivity contribution in [2.45, 2.75) is 27.7 Å². The molecular weight excluding hydrogens is 491 g/mol. The van der Waals surface area contributed by atoms with Crippen LogP contribution in [0.1, 0.15) is 27.7 Å². The Kier molecular flexibility index (Phi) is 12.0. The molecule has 0 amide bonds. The van der Waals surface area contributed by atoms with Crippen LogP contribution in [0.3, 0.4) is 0 Å². The van der Waals surface area contributed by atoms with Crippen LogP contribution in [-0.4, -0.2) is 35.8 Å². The molecule has 8 heteroatoms. The van der Waals surface area contributed by atoms with Crippen LogP contribution in [0.25, 0.3) is 0 Å². The number of hydrogen-bond acceptors (Lipinski definition) is 4. The molecule has 0 saturated heterocycles. The molecule has 0 atom stereocenters. The van der Waals surface area contributed by atoms with Gasteiger partial charge in [0.15, 0.2) is 0 Å². The van der Waals surface area contributed by atoms with Crippen molar-refractivity contribution in [2.24, 2.45) is 17.3 Å². The monoisotopic (exact) mass is 514 g/mol. The van der Waals surface area contributed by atoms with Gasteiger partial charge in [0.2, 0.25) is 0 Å². The second-order valence-electron chi connectivity index (χ2n) is 6.00. The normalized spacial score (nSPS) is 13.4. The number of alkyl halides is 3. The SMILES string of the molecule is CC(C)COP(=O)(OCC(C)C)OCC(CBr)(CBr)CBr. The minimum atomic E-state index is -3.53. The minimum absolute atomic E-state index is 0.196. The number of hydrogen-bond donors (Lipinski definition) is 0. The Morgan fingerprint density at radius 1 is 0.857 bits per heavy atom. The van der Waals surface area contributed by atoms with E-state index in [-0.39, 0.29) is 23.9 Å². The van der Waals surface area contributed by atoms with Gasteiger partial charge in [-0.3, -0.25) is 13.6 Å². The van der Waals surface area contributed by atoms with E-state index < -0.39 is 7.82 Å². The minimum Gasteiger partial charge on any atom is -0.287 e. The molecule has 0 aromatic heterocycles. The van der Waals surface area contributed by atoms with E-state index in [4.69, 9.17) is 13.6 Å². The molecule has 4 nitrogen and oxygen atoms in total. The van der Waals surface area contributed by atoms with E-state index in [1.165, 1.54) is 0 Å². The number of phosphoric ester groups is 1. The van der Waals surface area contributed by atoms with Gasteiger partial charge < -0.3 is 0 Å². The lowest BCUT2D eigenvalue weighted by Gasteiger charge is -2.29. The van der Waals surface area contributed by atoms with Gasteiger partial charge in [0.1, 0.15) is 0 Å². The average molecular weight is 517 g/mol. The van der Waals surface area contributed by atoms with E-state index in [0.29, 0.717) is 29.2 Å². The summed E-state index contributed by atoms with van der Waals surface area (Å²) in [6.45, 7) is 8.94. The average Bonchev–Trinajstić information content (AvgIpc) is 2.45. The summed E-state index contributed by atoms with van der Waals surface area (Å²) in [5, 5.41) is 2.14. The van der Waals surface area contributed by atoms with E-state index in [1.807, 2.05) is 27.7 Å². The molecule has 0 heterocycles. The summed E-state index contributed by atoms with van der Waals surface area (Å²) in [6, 6.07) is 0. The van der Waals surface area contributed by atoms with Crippen molar-refractivity contribution >= 4 is 55.6 Å². The lowest BCUT2D eigenvalue weighted by atomic mass is 9.98. The molecule has 0 aliphatic carbocycles. The molecular formula is C13H26Br3O4P. The van der Waals surface area contributed by atoms with Crippen LogP contribution in [0, 0.1) is 17.3 Å². The summed E-state index contributed by atoms with van der Waals surface area (Å²) in [5.74, 6) is 0.524. The van der Waals surface area contributed by atoms with Crippen molar-refractivity contribution in [3.63, 3.8) is 0 Å². The largest absolute Gasteiger partial charge is 0.474 e. The van der Waals surface area contributed by atoms with Crippen LogP contribution in [0.4, 0.5) is 0 Å². The zero-order chi connectivity index (χ0) is 16.5. The molecule has 0 aliphatic heterocycles. The maximum absolute atomic E-state index is 12.7. The van der Waals surface area contributed by atoms with E-state index >= 15 is 0 Å². The van der Waals surface area contributed by atoms with Gasteiger partial charge in [0, 0.05) is 21.4 Å². The van der Waals surface area contributed by atoms with Crippen molar-refractivity contribution in [3.05, 3.63) is 0 Å². The molecule has 0 fully saturated rings. The predicted octanol–water partition coefficient (Wildman–Crippen LogP) is 5.63. The van der Waals surface area contributed by atoms with E-state index in [2.05, 4.69) is 47.8 Å². The van der Waals surface area contributed by atoms with Gasteiger partial charge in [-0.05, 0) is 11.8 Å². The van der Waals surface area contributed by atoms with E-state index in [0.717, 1.165) is 0 Å². The lowest BCUT2D eigenvalue weighted by molar-refractivity contribution is 0.0766. The van der Waals surface area contributed by atoms with Crippen LogP contribution >= 0.6 is 55.6 Å². The highest BCUT2D eigenvalue weighted by Gasteiger charge is 2.34. The molecule has 21 heavy (non-hydrogen) atoms. The van der Waals surface area contributed by atoms with Crippen LogP contribution < -0.4 is 0 Å². The van der Waals surface area contributed by atoms with Gasteiger partial charge in [0.25, 0.3) is 0 Å². The summed E-state index contributed by atoms with van der Waals surface area (Å²) < 4.78 is 29.2. The molecule has 0 spiro atoms. The molecule has 0 aliphatic rings. The van der Waals surface area contributed by atoms with Gasteiger partial charge in [-0.2, -0.15) is 0 Å².